The predicted molar refractivity (Wildman–Crippen MR) is 78.9 cm³/mol. The van der Waals surface area contributed by atoms with Crippen molar-refractivity contribution in [3.05, 3.63) is 47.3 Å². The molecular formula is C15H15F4N5O. The zero-order chi connectivity index (χ0) is 18.0. The lowest BCUT2D eigenvalue weighted by Gasteiger charge is -2.22. The number of benzene rings is 1. The molecule has 0 bridgehead atoms. The van der Waals surface area contributed by atoms with Crippen molar-refractivity contribution in [3.8, 4) is 0 Å². The molecule has 2 aromatic rings. The quantitative estimate of drug-likeness (QED) is 0.826. The highest BCUT2D eigenvalue weighted by molar-refractivity contribution is 5.74. The number of aromatic nitrogens is 3. The maximum absolute atomic E-state index is 13.2. The van der Waals surface area contributed by atoms with Crippen LogP contribution in [0.4, 0.5) is 22.4 Å². The molecule has 0 fully saturated rings. The molecule has 10 heteroatoms. The highest BCUT2D eigenvalue weighted by atomic mass is 19.4. The molecular weight excluding hydrogens is 342 g/mol. The van der Waals surface area contributed by atoms with Gasteiger partial charge in [0.05, 0.1) is 6.54 Å². The molecule has 3 rings (SSSR count). The minimum absolute atomic E-state index is 0.0349. The maximum atomic E-state index is 13.2. The van der Waals surface area contributed by atoms with Crippen molar-refractivity contribution in [2.75, 3.05) is 0 Å². The van der Waals surface area contributed by atoms with Crippen LogP contribution in [0.2, 0.25) is 0 Å². The summed E-state index contributed by atoms with van der Waals surface area (Å²) < 4.78 is 54.3. The Bertz CT molecular complexity index is 756. The number of hydrogen-bond acceptors (Lipinski definition) is 3. The third-order valence-corrected chi connectivity index (χ3v) is 3.90. The number of carbonyl (C=O) groups excluding carboxylic acids is 1. The number of carbonyl (C=O) groups is 1. The maximum Gasteiger partial charge on any atom is 0.412 e. The number of amides is 2. The Kier molecular flexibility index (Phi) is 4.60. The number of aryl methyl sites for hydroxylation is 1. The second-order valence-electron chi connectivity index (χ2n) is 5.64. The van der Waals surface area contributed by atoms with Gasteiger partial charge in [0, 0.05) is 13.0 Å². The van der Waals surface area contributed by atoms with Crippen LogP contribution in [0.25, 0.3) is 0 Å². The summed E-state index contributed by atoms with van der Waals surface area (Å²) in [6.45, 7) is 0.689. The van der Waals surface area contributed by atoms with Gasteiger partial charge in [-0.25, -0.2) is 9.18 Å². The summed E-state index contributed by atoms with van der Waals surface area (Å²) in [5.41, 5.74) is -0.257. The van der Waals surface area contributed by atoms with Gasteiger partial charge in [0.2, 0.25) is 0 Å². The first kappa shape index (κ1) is 17.2. The normalized spacial score (nSPS) is 14.9. The van der Waals surface area contributed by atoms with Crippen molar-refractivity contribution >= 4 is 6.03 Å². The summed E-state index contributed by atoms with van der Waals surface area (Å²) >= 11 is 0. The van der Waals surface area contributed by atoms with Crippen LogP contribution in [0.15, 0.2) is 24.3 Å². The average Bonchev–Trinajstić information content (AvgIpc) is 3.14. The summed E-state index contributed by atoms with van der Waals surface area (Å²) in [6.07, 6.45) is -3.00. The van der Waals surface area contributed by atoms with Gasteiger partial charge in [-0.3, -0.25) is 0 Å². The van der Waals surface area contributed by atoms with E-state index in [1.807, 2.05) is 9.88 Å². The van der Waals surface area contributed by atoms with Crippen LogP contribution in [0.1, 0.15) is 29.7 Å². The predicted octanol–water partition coefficient (Wildman–Crippen LogP) is 2.47. The summed E-state index contributed by atoms with van der Waals surface area (Å²) in [7, 11) is 0. The van der Waals surface area contributed by atoms with Gasteiger partial charge in [-0.15, -0.1) is 10.2 Å². The average molecular weight is 357 g/mol. The number of fused-ring (bicyclic) bond motifs is 1. The topological polar surface area (TPSA) is 71.8 Å². The fraction of sp³-hybridized carbons (Fsp3) is 0.400. The summed E-state index contributed by atoms with van der Waals surface area (Å²) in [4.78, 5) is 11.9. The number of alkyl halides is 3. The SMILES string of the molecule is O=C(NCc1nnc2n1CCC2)N[C@H](c1ccc(F)cc1)C(F)(F)F. The molecule has 6 nitrogen and oxygen atoms in total. The molecule has 0 spiro atoms. The number of urea groups is 1. The van der Waals surface area contributed by atoms with Crippen LogP contribution >= 0.6 is 0 Å². The zero-order valence-corrected chi connectivity index (χ0v) is 13.0. The van der Waals surface area contributed by atoms with Crippen LogP contribution in [0.5, 0.6) is 0 Å². The first-order chi connectivity index (χ1) is 11.8. The third-order valence-electron chi connectivity index (χ3n) is 3.90. The van der Waals surface area contributed by atoms with Crippen LogP contribution in [0, 0.1) is 5.82 Å². The molecule has 2 N–H and O–H groups in total. The molecule has 2 heterocycles. The molecule has 0 radical (unpaired) electrons. The van der Waals surface area contributed by atoms with Gasteiger partial charge >= 0.3 is 12.2 Å². The largest absolute Gasteiger partial charge is 0.412 e. The second-order valence-corrected chi connectivity index (χ2v) is 5.64. The lowest BCUT2D eigenvalue weighted by Crippen LogP contribution is -2.43. The molecule has 0 saturated heterocycles. The van der Waals surface area contributed by atoms with Crippen molar-refractivity contribution in [2.24, 2.45) is 0 Å². The molecule has 1 aromatic carbocycles. The van der Waals surface area contributed by atoms with E-state index in [1.165, 1.54) is 0 Å². The Balaban J connectivity index is 1.65. The molecule has 1 aliphatic rings. The zero-order valence-electron chi connectivity index (χ0n) is 13.0. The number of nitrogens with zero attached hydrogens (tertiary/aromatic N) is 3. The van der Waals surface area contributed by atoms with Gasteiger partial charge in [-0.1, -0.05) is 12.1 Å². The number of halogens is 4. The lowest BCUT2D eigenvalue weighted by molar-refractivity contribution is -0.154. The minimum atomic E-state index is -4.72. The molecule has 134 valence electrons. The second kappa shape index (κ2) is 6.69. The van der Waals surface area contributed by atoms with Crippen LogP contribution in [-0.2, 0) is 19.5 Å². The molecule has 1 atom stereocenters. The van der Waals surface area contributed by atoms with Crippen molar-refractivity contribution in [1.82, 2.24) is 25.4 Å². The van der Waals surface area contributed by atoms with Crippen LogP contribution in [-0.4, -0.2) is 27.0 Å². The van der Waals surface area contributed by atoms with Crippen LogP contribution in [0.3, 0.4) is 0 Å². The molecule has 0 saturated carbocycles. The molecule has 2 amide bonds. The first-order valence-electron chi connectivity index (χ1n) is 7.62. The van der Waals surface area contributed by atoms with Crippen molar-refractivity contribution < 1.29 is 22.4 Å². The number of rotatable bonds is 4. The van der Waals surface area contributed by atoms with E-state index >= 15 is 0 Å². The lowest BCUT2D eigenvalue weighted by atomic mass is 10.1. The Morgan fingerprint density at radius 3 is 2.64 bits per heavy atom. The van der Waals surface area contributed by atoms with E-state index in [0.29, 0.717) is 5.82 Å². The standard InChI is InChI=1S/C15H15F4N5O/c16-10-5-3-9(4-6-10)13(15(17,18)19)21-14(25)20-8-12-23-22-11-2-1-7-24(11)12/h3-6,13H,1-2,7-8H2,(H2,20,21,25)/t13-/m1/s1. The number of nitrogens with one attached hydrogen (secondary N) is 2. The Morgan fingerprint density at radius 2 is 1.96 bits per heavy atom. The van der Waals surface area contributed by atoms with Gasteiger partial charge < -0.3 is 15.2 Å². The van der Waals surface area contributed by atoms with E-state index in [1.54, 1.807) is 0 Å². The van der Waals surface area contributed by atoms with E-state index in [9.17, 15) is 22.4 Å². The smallest absolute Gasteiger partial charge is 0.331 e. The van der Waals surface area contributed by atoms with E-state index < -0.39 is 24.1 Å². The summed E-state index contributed by atoms with van der Waals surface area (Å²) in [6, 6.07) is 0.553. The van der Waals surface area contributed by atoms with Crippen molar-refractivity contribution in [2.45, 2.75) is 38.1 Å². The molecule has 0 aliphatic carbocycles. The van der Waals surface area contributed by atoms with Gasteiger partial charge in [0.25, 0.3) is 0 Å². The van der Waals surface area contributed by atoms with E-state index in [2.05, 4.69) is 15.5 Å². The highest BCUT2D eigenvalue weighted by Crippen LogP contribution is 2.32. The Labute approximate surface area is 140 Å². The summed E-state index contributed by atoms with van der Waals surface area (Å²) in [5.74, 6) is 0.638. The van der Waals surface area contributed by atoms with Crippen LogP contribution < -0.4 is 10.6 Å². The molecule has 1 aromatic heterocycles. The summed E-state index contributed by atoms with van der Waals surface area (Å²) in [5, 5.41) is 12.1. The Morgan fingerprint density at radius 1 is 1.24 bits per heavy atom. The van der Waals surface area contributed by atoms with Gasteiger partial charge in [0.15, 0.2) is 11.9 Å². The van der Waals surface area contributed by atoms with E-state index in [-0.39, 0.29) is 12.1 Å². The molecule has 0 unspecified atom stereocenters. The third kappa shape index (κ3) is 3.89. The van der Waals surface area contributed by atoms with Gasteiger partial charge in [-0.2, -0.15) is 13.2 Å². The first-order valence-corrected chi connectivity index (χ1v) is 7.62. The fourth-order valence-electron chi connectivity index (χ4n) is 2.69. The van der Waals surface area contributed by atoms with E-state index in [0.717, 1.165) is 49.5 Å². The monoisotopic (exact) mass is 357 g/mol. The van der Waals surface area contributed by atoms with Crippen molar-refractivity contribution in [1.29, 1.82) is 0 Å². The highest BCUT2D eigenvalue weighted by Gasteiger charge is 2.42. The minimum Gasteiger partial charge on any atom is -0.331 e. The Hall–Kier alpha value is -2.65. The fourth-order valence-corrected chi connectivity index (χ4v) is 2.69. The number of hydrogen-bond donors (Lipinski definition) is 2. The van der Waals surface area contributed by atoms with E-state index in [4.69, 9.17) is 0 Å². The molecule has 1 aliphatic heterocycles. The van der Waals surface area contributed by atoms with Gasteiger partial charge in [0.1, 0.15) is 11.6 Å². The van der Waals surface area contributed by atoms with Crippen molar-refractivity contribution in [3.63, 3.8) is 0 Å². The molecule has 25 heavy (non-hydrogen) atoms. The van der Waals surface area contributed by atoms with Gasteiger partial charge in [-0.05, 0) is 24.1 Å².